The molecule has 1 aliphatic heterocycles. The first-order valence-electron chi connectivity index (χ1n) is 6.69. The van der Waals surface area contributed by atoms with Gasteiger partial charge >= 0.3 is 0 Å². The van der Waals surface area contributed by atoms with Gasteiger partial charge in [-0.1, -0.05) is 23.7 Å². The third-order valence-corrected chi connectivity index (χ3v) is 4.44. The van der Waals surface area contributed by atoms with Gasteiger partial charge < -0.3 is 11.1 Å². The zero-order chi connectivity index (χ0) is 12.6. The molecule has 0 amide bonds. The van der Waals surface area contributed by atoms with Crippen LogP contribution in [0.5, 0.6) is 0 Å². The summed E-state index contributed by atoms with van der Waals surface area (Å²) in [4.78, 5) is 2.57. The van der Waals surface area contributed by atoms with Crippen LogP contribution in [0.3, 0.4) is 0 Å². The lowest BCUT2D eigenvalue weighted by atomic mass is 9.98. The minimum absolute atomic E-state index is 0.00637. The van der Waals surface area contributed by atoms with Gasteiger partial charge in [-0.2, -0.15) is 0 Å². The maximum atomic E-state index is 6.22. The highest BCUT2D eigenvalue weighted by Crippen LogP contribution is 2.35. The number of benzene rings is 1. The Morgan fingerprint density at radius 3 is 2.83 bits per heavy atom. The first kappa shape index (κ1) is 12.3. The van der Waals surface area contributed by atoms with Crippen molar-refractivity contribution in [3.8, 4) is 0 Å². The monoisotopic (exact) mass is 265 g/mol. The standard InChI is InChI=1S/C14H20ClN3/c15-12-3-1-2-4-13(12)17-14(9-16)7-8-18(10-14)11-5-6-11/h1-4,11,17H,5-10,16H2. The summed E-state index contributed by atoms with van der Waals surface area (Å²) in [5.41, 5.74) is 7.01. The number of nitrogens with two attached hydrogens (primary N) is 1. The van der Waals surface area contributed by atoms with Gasteiger partial charge in [0.25, 0.3) is 0 Å². The van der Waals surface area contributed by atoms with Crippen LogP contribution in [0.4, 0.5) is 5.69 Å². The fraction of sp³-hybridized carbons (Fsp3) is 0.571. The molecule has 3 nitrogen and oxygen atoms in total. The predicted octanol–water partition coefficient (Wildman–Crippen LogP) is 2.32. The summed E-state index contributed by atoms with van der Waals surface area (Å²) in [5.74, 6) is 0. The van der Waals surface area contributed by atoms with E-state index in [0.717, 1.165) is 36.3 Å². The van der Waals surface area contributed by atoms with Gasteiger partial charge in [0.05, 0.1) is 16.2 Å². The SMILES string of the molecule is NCC1(Nc2ccccc2Cl)CCN(C2CC2)C1. The maximum absolute atomic E-state index is 6.22. The lowest BCUT2D eigenvalue weighted by Crippen LogP contribution is -2.48. The molecule has 1 aromatic rings. The average Bonchev–Trinajstić information content (AvgIpc) is 3.15. The van der Waals surface area contributed by atoms with Crippen molar-refractivity contribution in [2.75, 3.05) is 25.0 Å². The highest BCUT2D eigenvalue weighted by Gasteiger charge is 2.42. The normalized spacial score (nSPS) is 28.6. The van der Waals surface area contributed by atoms with Gasteiger partial charge in [0.2, 0.25) is 0 Å². The lowest BCUT2D eigenvalue weighted by molar-refractivity contribution is 0.309. The van der Waals surface area contributed by atoms with Crippen LogP contribution in [0, 0.1) is 0 Å². The van der Waals surface area contributed by atoms with Gasteiger partial charge in [0.15, 0.2) is 0 Å². The second-order valence-corrected chi connectivity index (χ2v) is 5.95. The Labute approximate surface area is 113 Å². The van der Waals surface area contributed by atoms with Crippen LogP contribution in [-0.2, 0) is 0 Å². The Morgan fingerprint density at radius 1 is 1.39 bits per heavy atom. The molecule has 1 heterocycles. The van der Waals surface area contributed by atoms with Gasteiger partial charge in [-0.05, 0) is 31.4 Å². The van der Waals surface area contributed by atoms with E-state index in [-0.39, 0.29) is 5.54 Å². The van der Waals surface area contributed by atoms with Crippen molar-refractivity contribution in [2.45, 2.75) is 30.8 Å². The molecule has 1 unspecified atom stereocenters. The third-order valence-electron chi connectivity index (χ3n) is 4.11. The highest BCUT2D eigenvalue weighted by molar-refractivity contribution is 6.33. The number of para-hydroxylation sites is 1. The third kappa shape index (κ3) is 2.35. The molecule has 1 atom stereocenters. The number of likely N-dealkylation sites (tertiary alicyclic amines) is 1. The molecule has 0 bridgehead atoms. The molecule has 18 heavy (non-hydrogen) atoms. The Morgan fingerprint density at radius 2 is 2.17 bits per heavy atom. The van der Waals surface area contributed by atoms with Crippen LogP contribution in [0.25, 0.3) is 0 Å². The molecule has 0 aromatic heterocycles. The molecule has 1 saturated heterocycles. The molecule has 2 aliphatic rings. The van der Waals surface area contributed by atoms with Crippen molar-refractivity contribution in [3.05, 3.63) is 29.3 Å². The van der Waals surface area contributed by atoms with E-state index in [1.54, 1.807) is 0 Å². The smallest absolute Gasteiger partial charge is 0.0637 e. The van der Waals surface area contributed by atoms with E-state index in [1.165, 1.54) is 12.8 Å². The molecule has 1 aliphatic carbocycles. The maximum Gasteiger partial charge on any atom is 0.0637 e. The summed E-state index contributed by atoms with van der Waals surface area (Å²) >= 11 is 6.22. The molecule has 4 heteroatoms. The van der Waals surface area contributed by atoms with Crippen LogP contribution >= 0.6 is 11.6 Å². The van der Waals surface area contributed by atoms with Crippen molar-refractivity contribution in [2.24, 2.45) is 5.73 Å². The second kappa shape index (κ2) is 4.72. The van der Waals surface area contributed by atoms with E-state index < -0.39 is 0 Å². The minimum atomic E-state index is -0.00637. The number of halogens is 1. The molecule has 0 spiro atoms. The van der Waals surface area contributed by atoms with E-state index in [1.807, 2.05) is 24.3 Å². The van der Waals surface area contributed by atoms with Crippen molar-refractivity contribution >= 4 is 17.3 Å². The van der Waals surface area contributed by atoms with Gasteiger partial charge in [-0.25, -0.2) is 0 Å². The Kier molecular flexibility index (Phi) is 3.22. The van der Waals surface area contributed by atoms with Crippen molar-refractivity contribution in [1.82, 2.24) is 4.90 Å². The fourth-order valence-corrected chi connectivity index (χ4v) is 3.01. The first-order chi connectivity index (χ1) is 8.72. The summed E-state index contributed by atoms with van der Waals surface area (Å²) in [5, 5.41) is 4.36. The van der Waals surface area contributed by atoms with Crippen LogP contribution in [0.2, 0.25) is 5.02 Å². The highest BCUT2D eigenvalue weighted by atomic mass is 35.5. The van der Waals surface area contributed by atoms with E-state index in [9.17, 15) is 0 Å². The number of rotatable bonds is 4. The minimum Gasteiger partial charge on any atom is -0.376 e. The van der Waals surface area contributed by atoms with Gasteiger partial charge in [0, 0.05) is 25.7 Å². The summed E-state index contributed by atoms with van der Waals surface area (Å²) in [6.45, 7) is 2.85. The molecule has 1 saturated carbocycles. The van der Waals surface area contributed by atoms with E-state index in [0.29, 0.717) is 6.54 Å². The van der Waals surface area contributed by atoms with Crippen LogP contribution in [-0.4, -0.2) is 36.1 Å². The molecular weight excluding hydrogens is 246 g/mol. The molecule has 98 valence electrons. The Bertz CT molecular complexity index is 433. The summed E-state index contributed by atoms with van der Waals surface area (Å²) in [7, 11) is 0. The first-order valence-corrected chi connectivity index (χ1v) is 7.07. The summed E-state index contributed by atoms with van der Waals surface area (Å²) < 4.78 is 0. The molecule has 3 N–H and O–H groups in total. The largest absolute Gasteiger partial charge is 0.376 e. The number of anilines is 1. The van der Waals surface area contributed by atoms with E-state index in [4.69, 9.17) is 17.3 Å². The topological polar surface area (TPSA) is 41.3 Å². The number of nitrogens with one attached hydrogen (secondary N) is 1. The van der Waals surface area contributed by atoms with Gasteiger partial charge in [0.1, 0.15) is 0 Å². The van der Waals surface area contributed by atoms with Crippen LogP contribution in [0.15, 0.2) is 24.3 Å². The van der Waals surface area contributed by atoms with Gasteiger partial charge in [-0.15, -0.1) is 0 Å². The van der Waals surface area contributed by atoms with Crippen molar-refractivity contribution < 1.29 is 0 Å². The van der Waals surface area contributed by atoms with E-state index >= 15 is 0 Å². The van der Waals surface area contributed by atoms with Crippen molar-refractivity contribution in [3.63, 3.8) is 0 Å². The van der Waals surface area contributed by atoms with Crippen LogP contribution in [0.1, 0.15) is 19.3 Å². The lowest BCUT2D eigenvalue weighted by Gasteiger charge is -2.31. The zero-order valence-electron chi connectivity index (χ0n) is 10.5. The predicted molar refractivity (Wildman–Crippen MR) is 76.1 cm³/mol. The fourth-order valence-electron chi connectivity index (χ4n) is 2.82. The number of nitrogens with zero attached hydrogens (tertiary/aromatic N) is 1. The second-order valence-electron chi connectivity index (χ2n) is 5.54. The molecule has 1 aromatic carbocycles. The zero-order valence-corrected chi connectivity index (χ0v) is 11.3. The Balaban J connectivity index is 1.74. The molecule has 2 fully saturated rings. The van der Waals surface area contributed by atoms with Crippen molar-refractivity contribution in [1.29, 1.82) is 0 Å². The number of hydrogen-bond donors (Lipinski definition) is 2. The van der Waals surface area contributed by atoms with Crippen LogP contribution < -0.4 is 11.1 Å². The Hall–Kier alpha value is -0.770. The number of hydrogen-bond acceptors (Lipinski definition) is 3. The average molecular weight is 266 g/mol. The quantitative estimate of drug-likeness (QED) is 0.878. The summed E-state index contributed by atoms with van der Waals surface area (Å²) in [6.07, 6.45) is 3.81. The molecule has 3 rings (SSSR count). The summed E-state index contributed by atoms with van der Waals surface area (Å²) in [6, 6.07) is 8.72. The van der Waals surface area contributed by atoms with E-state index in [2.05, 4.69) is 10.2 Å². The molecule has 0 radical (unpaired) electrons. The van der Waals surface area contributed by atoms with Gasteiger partial charge in [-0.3, -0.25) is 4.90 Å². The molecular formula is C14H20ClN3.